The van der Waals surface area contributed by atoms with E-state index in [4.69, 9.17) is 0 Å². The molecule has 0 saturated heterocycles. The van der Waals surface area contributed by atoms with Gasteiger partial charge in [0.05, 0.1) is 0 Å². The Hall–Kier alpha value is -0.830. The Morgan fingerprint density at radius 3 is 2.59 bits per heavy atom. The summed E-state index contributed by atoms with van der Waals surface area (Å²) in [6.07, 6.45) is 1.07. The van der Waals surface area contributed by atoms with E-state index in [1.54, 1.807) is 0 Å². The molecule has 2 atom stereocenters. The summed E-state index contributed by atoms with van der Waals surface area (Å²) in [5, 5.41) is 3.03. The summed E-state index contributed by atoms with van der Waals surface area (Å²) in [4.78, 5) is 12.0. The van der Waals surface area contributed by atoms with E-state index in [0.717, 1.165) is 16.5 Å². The monoisotopic (exact) mass is 297 g/mol. The van der Waals surface area contributed by atoms with Crippen molar-refractivity contribution in [3.05, 3.63) is 33.8 Å². The van der Waals surface area contributed by atoms with Crippen molar-refractivity contribution in [3.8, 4) is 0 Å². The average molecular weight is 298 g/mol. The molecular weight excluding hydrogens is 278 g/mol. The molecule has 1 amide bonds. The molecule has 17 heavy (non-hydrogen) atoms. The topological polar surface area (TPSA) is 29.1 Å². The lowest BCUT2D eigenvalue weighted by Crippen LogP contribution is -2.36. The average Bonchev–Trinajstić information content (AvgIpc) is 2.31. The number of hydrogen-bond donors (Lipinski definition) is 1. The van der Waals surface area contributed by atoms with Crippen molar-refractivity contribution in [2.24, 2.45) is 5.92 Å². The SMILES string of the molecule is CCC(C)C(C)NC(=O)c1ccc(C)c(Br)c1. The lowest BCUT2D eigenvalue weighted by molar-refractivity contribution is 0.0928. The zero-order valence-electron chi connectivity index (χ0n) is 10.9. The quantitative estimate of drug-likeness (QED) is 0.896. The number of hydrogen-bond acceptors (Lipinski definition) is 1. The van der Waals surface area contributed by atoms with Gasteiger partial charge < -0.3 is 5.32 Å². The second-order valence-electron chi connectivity index (χ2n) is 4.61. The van der Waals surface area contributed by atoms with E-state index < -0.39 is 0 Å². The number of amides is 1. The minimum absolute atomic E-state index is 0.00139. The normalized spacial score (nSPS) is 14.2. The van der Waals surface area contributed by atoms with E-state index in [2.05, 4.69) is 42.0 Å². The Bertz CT molecular complexity index is 403. The van der Waals surface area contributed by atoms with Gasteiger partial charge >= 0.3 is 0 Å². The van der Waals surface area contributed by atoms with Gasteiger partial charge in [-0.1, -0.05) is 42.3 Å². The van der Waals surface area contributed by atoms with Crippen molar-refractivity contribution in [1.29, 1.82) is 0 Å². The fourth-order valence-corrected chi connectivity index (χ4v) is 1.90. The van der Waals surface area contributed by atoms with Crippen LogP contribution in [0.15, 0.2) is 22.7 Å². The maximum Gasteiger partial charge on any atom is 0.251 e. The van der Waals surface area contributed by atoms with Crippen molar-refractivity contribution in [3.63, 3.8) is 0 Å². The van der Waals surface area contributed by atoms with Crippen LogP contribution in [-0.2, 0) is 0 Å². The second kappa shape index (κ2) is 6.20. The zero-order valence-corrected chi connectivity index (χ0v) is 12.5. The Balaban J connectivity index is 2.73. The minimum atomic E-state index is -0.00139. The molecule has 0 aliphatic rings. The fraction of sp³-hybridized carbons (Fsp3) is 0.500. The first kappa shape index (κ1) is 14.2. The van der Waals surface area contributed by atoms with Gasteiger partial charge in [0, 0.05) is 16.1 Å². The summed E-state index contributed by atoms with van der Waals surface area (Å²) in [5.74, 6) is 0.492. The number of halogens is 1. The summed E-state index contributed by atoms with van der Waals surface area (Å²) in [6.45, 7) is 8.34. The standard InChI is InChI=1S/C14H20BrNO/c1-5-9(2)11(4)16-14(17)12-7-6-10(3)13(15)8-12/h6-9,11H,5H2,1-4H3,(H,16,17). The summed E-state index contributed by atoms with van der Waals surface area (Å²) < 4.78 is 0.973. The first-order valence-corrected chi connectivity index (χ1v) is 6.82. The van der Waals surface area contributed by atoms with Crippen LogP contribution >= 0.6 is 15.9 Å². The van der Waals surface area contributed by atoms with Crippen molar-refractivity contribution in [2.45, 2.75) is 40.2 Å². The first-order valence-electron chi connectivity index (χ1n) is 6.02. The Kier molecular flexibility index (Phi) is 5.19. The number of carbonyl (C=O) groups is 1. The highest BCUT2D eigenvalue weighted by Crippen LogP contribution is 2.18. The molecule has 0 aliphatic heterocycles. The van der Waals surface area contributed by atoms with Gasteiger partial charge in [0.1, 0.15) is 0 Å². The molecule has 0 fully saturated rings. The van der Waals surface area contributed by atoms with E-state index in [9.17, 15) is 4.79 Å². The van der Waals surface area contributed by atoms with Crippen LogP contribution < -0.4 is 5.32 Å². The molecule has 0 aliphatic carbocycles. The lowest BCUT2D eigenvalue weighted by atomic mass is 10.0. The van der Waals surface area contributed by atoms with Crippen LogP contribution in [0.4, 0.5) is 0 Å². The van der Waals surface area contributed by atoms with Gasteiger partial charge in [0.15, 0.2) is 0 Å². The summed E-state index contributed by atoms with van der Waals surface area (Å²) >= 11 is 3.44. The van der Waals surface area contributed by atoms with Crippen molar-refractivity contribution in [1.82, 2.24) is 5.32 Å². The van der Waals surface area contributed by atoms with Gasteiger partial charge in [-0.25, -0.2) is 0 Å². The third-order valence-corrected chi connectivity index (χ3v) is 4.14. The molecule has 2 unspecified atom stereocenters. The number of rotatable bonds is 4. The molecule has 0 aromatic heterocycles. The lowest BCUT2D eigenvalue weighted by Gasteiger charge is -2.20. The van der Waals surface area contributed by atoms with Crippen LogP contribution in [0.25, 0.3) is 0 Å². The van der Waals surface area contributed by atoms with Gasteiger partial charge in [-0.05, 0) is 37.5 Å². The highest BCUT2D eigenvalue weighted by molar-refractivity contribution is 9.10. The molecule has 0 heterocycles. The van der Waals surface area contributed by atoms with E-state index >= 15 is 0 Å². The molecule has 94 valence electrons. The van der Waals surface area contributed by atoms with E-state index in [1.165, 1.54) is 0 Å². The van der Waals surface area contributed by atoms with Gasteiger partial charge in [-0.15, -0.1) is 0 Å². The molecule has 2 nitrogen and oxygen atoms in total. The summed E-state index contributed by atoms with van der Waals surface area (Å²) in [5.41, 5.74) is 1.84. The van der Waals surface area contributed by atoms with Crippen molar-refractivity contribution >= 4 is 21.8 Å². The smallest absolute Gasteiger partial charge is 0.251 e. The van der Waals surface area contributed by atoms with Crippen molar-refractivity contribution < 1.29 is 4.79 Å². The second-order valence-corrected chi connectivity index (χ2v) is 5.47. The van der Waals surface area contributed by atoms with Crippen LogP contribution in [0.3, 0.4) is 0 Å². The highest BCUT2D eigenvalue weighted by atomic mass is 79.9. The molecule has 0 spiro atoms. The van der Waals surface area contributed by atoms with Crippen LogP contribution in [0.2, 0.25) is 0 Å². The molecule has 1 N–H and O–H groups in total. The number of benzene rings is 1. The van der Waals surface area contributed by atoms with Crippen LogP contribution in [0, 0.1) is 12.8 Å². The maximum atomic E-state index is 12.0. The predicted molar refractivity (Wildman–Crippen MR) is 75.3 cm³/mol. The molecule has 0 radical (unpaired) electrons. The zero-order chi connectivity index (χ0) is 13.0. The van der Waals surface area contributed by atoms with E-state index in [0.29, 0.717) is 11.5 Å². The van der Waals surface area contributed by atoms with E-state index in [-0.39, 0.29) is 11.9 Å². The van der Waals surface area contributed by atoms with Crippen LogP contribution in [0.1, 0.15) is 43.1 Å². The predicted octanol–water partition coefficient (Wildman–Crippen LogP) is 3.92. The largest absolute Gasteiger partial charge is 0.349 e. The fourth-order valence-electron chi connectivity index (χ4n) is 1.52. The van der Waals surface area contributed by atoms with Gasteiger partial charge in [0.2, 0.25) is 0 Å². The van der Waals surface area contributed by atoms with Crippen LogP contribution in [-0.4, -0.2) is 11.9 Å². The Labute approximate surface area is 112 Å². The molecule has 1 aromatic rings. The minimum Gasteiger partial charge on any atom is -0.349 e. The first-order chi connectivity index (χ1) is 7.95. The molecule has 1 rings (SSSR count). The molecular formula is C14H20BrNO. The summed E-state index contributed by atoms with van der Waals surface area (Å²) in [7, 11) is 0. The van der Waals surface area contributed by atoms with Gasteiger partial charge in [-0.2, -0.15) is 0 Å². The van der Waals surface area contributed by atoms with Gasteiger partial charge in [0.25, 0.3) is 5.91 Å². The maximum absolute atomic E-state index is 12.0. The van der Waals surface area contributed by atoms with E-state index in [1.807, 2.05) is 25.1 Å². The Morgan fingerprint density at radius 1 is 1.41 bits per heavy atom. The molecule has 1 aromatic carbocycles. The number of aryl methyl sites for hydroxylation is 1. The summed E-state index contributed by atoms with van der Waals surface area (Å²) in [6, 6.07) is 5.88. The highest BCUT2D eigenvalue weighted by Gasteiger charge is 2.14. The van der Waals surface area contributed by atoms with Crippen LogP contribution in [0.5, 0.6) is 0 Å². The molecule has 3 heteroatoms. The van der Waals surface area contributed by atoms with Gasteiger partial charge in [-0.3, -0.25) is 4.79 Å². The van der Waals surface area contributed by atoms with Crippen molar-refractivity contribution in [2.75, 3.05) is 0 Å². The number of nitrogens with one attached hydrogen (secondary N) is 1. The number of carbonyl (C=O) groups excluding carboxylic acids is 1. The molecule has 0 bridgehead atoms. The third-order valence-electron chi connectivity index (χ3n) is 3.29. The third kappa shape index (κ3) is 3.84. The Morgan fingerprint density at radius 2 is 2.06 bits per heavy atom. The molecule has 0 saturated carbocycles.